The number of carboxylic acids is 2. The lowest BCUT2D eigenvalue weighted by molar-refractivity contribution is -0.143. The minimum atomic E-state index is -1.60. The summed E-state index contributed by atoms with van der Waals surface area (Å²) in [6.45, 7) is 1.34. The fraction of sp³-hybridized carbons (Fsp3) is 0.440. The van der Waals surface area contributed by atoms with Crippen molar-refractivity contribution < 1.29 is 39.3 Å². The predicted molar refractivity (Wildman–Crippen MR) is 147 cm³/mol. The van der Waals surface area contributed by atoms with Crippen LogP contribution in [0.3, 0.4) is 0 Å². The number of nitrogens with two attached hydrogens (primary N) is 3. The average Bonchev–Trinajstić information content (AvgIpc) is 3.30. The zero-order valence-electron chi connectivity index (χ0n) is 22.4. The number of hydrogen-bond acceptors (Lipinski definition) is 8. The highest BCUT2D eigenvalue weighted by atomic mass is 16.4. The van der Waals surface area contributed by atoms with Gasteiger partial charge in [-0.3, -0.25) is 24.2 Å². The van der Waals surface area contributed by atoms with Crippen LogP contribution in [0, 0.1) is 0 Å². The van der Waals surface area contributed by atoms with Crippen molar-refractivity contribution in [3.8, 4) is 0 Å². The van der Waals surface area contributed by atoms with Gasteiger partial charge in [0.2, 0.25) is 17.7 Å². The van der Waals surface area contributed by atoms with Crippen molar-refractivity contribution in [3.05, 3.63) is 36.0 Å². The van der Waals surface area contributed by atoms with Gasteiger partial charge in [-0.1, -0.05) is 18.2 Å². The van der Waals surface area contributed by atoms with E-state index in [0.29, 0.717) is 5.56 Å². The van der Waals surface area contributed by atoms with Crippen LogP contribution in [0.15, 0.2) is 35.5 Å². The van der Waals surface area contributed by atoms with Crippen LogP contribution in [0.5, 0.6) is 0 Å². The monoisotopic (exact) mass is 576 g/mol. The number of aromatic nitrogens is 1. The highest BCUT2D eigenvalue weighted by molar-refractivity contribution is 5.95. The summed E-state index contributed by atoms with van der Waals surface area (Å²) in [5.74, 6) is -5.64. The molecule has 1 aromatic carbocycles. The third-order valence-corrected chi connectivity index (χ3v) is 6.09. The van der Waals surface area contributed by atoms with Crippen LogP contribution in [0.4, 0.5) is 0 Å². The molecule has 0 radical (unpaired) electrons. The summed E-state index contributed by atoms with van der Waals surface area (Å²) < 4.78 is 0. The summed E-state index contributed by atoms with van der Waals surface area (Å²) in [7, 11) is 0. The number of hydrogen-bond donors (Lipinski definition) is 10. The second-order valence-electron chi connectivity index (χ2n) is 9.40. The molecule has 5 atom stereocenters. The molecule has 13 N–H and O–H groups in total. The Morgan fingerprint density at radius 3 is 2.24 bits per heavy atom. The van der Waals surface area contributed by atoms with Gasteiger partial charge in [-0.2, -0.15) is 0 Å². The van der Waals surface area contributed by atoms with Gasteiger partial charge in [0.15, 0.2) is 5.96 Å². The number of nitrogens with zero attached hydrogens (tertiary/aromatic N) is 1. The number of fused-ring (bicyclic) bond motifs is 1. The van der Waals surface area contributed by atoms with Crippen LogP contribution in [0.2, 0.25) is 0 Å². The first-order valence-electron chi connectivity index (χ1n) is 12.7. The maximum Gasteiger partial charge on any atom is 0.326 e. The Balaban J connectivity index is 2.23. The van der Waals surface area contributed by atoms with E-state index < -0.39 is 66.4 Å². The van der Waals surface area contributed by atoms with E-state index in [9.17, 15) is 34.2 Å². The number of aliphatic imine (C=N–C) groups is 1. The molecule has 41 heavy (non-hydrogen) atoms. The Kier molecular flexibility index (Phi) is 12.0. The summed E-state index contributed by atoms with van der Waals surface area (Å²) in [6.07, 6.45) is -0.430. The molecule has 0 aliphatic carbocycles. The van der Waals surface area contributed by atoms with Gasteiger partial charge in [0.25, 0.3) is 0 Å². The zero-order valence-corrected chi connectivity index (χ0v) is 22.4. The van der Waals surface area contributed by atoms with Crippen molar-refractivity contribution in [1.82, 2.24) is 20.9 Å². The minimum Gasteiger partial charge on any atom is -0.481 e. The van der Waals surface area contributed by atoms with E-state index in [4.69, 9.17) is 22.3 Å². The highest BCUT2D eigenvalue weighted by Crippen LogP contribution is 2.19. The van der Waals surface area contributed by atoms with Crippen molar-refractivity contribution in [2.75, 3.05) is 6.54 Å². The average molecular weight is 577 g/mol. The standard InChI is InChI=1S/C25H36N8O8/c1-12(34)20(23(39)31-17(24(40)41)7-4-8-29-25(27)28)33-22(38)18(32-21(37)15(26)10-19(35)36)9-13-11-30-16-6-3-2-5-14(13)16/h2-3,5-6,11-12,15,17-18,20,30,34H,4,7-10,26H2,1H3,(H,31,39)(H,32,37)(H,33,38)(H,35,36)(H,40,41)(H4,27,28,29). The van der Waals surface area contributed by atoms with Gasteiger partial charge in [-0.05, 0) is 31.4 Å². The zero-order chi connectivity index (χ0) is 30.7. The van der Waals surface area contributed by atoms with Crippen LogP contribution in [0.1, 0.15) is 31.7 Å². The fourth-order valence-corrected chi connectivity index (χ4v) is 3.97. The van der Waals surface area contributed by atoms with E-state index in [1.54, 1.807) is 30.5 Å². The molecule has 0 spiro atoms. The first-order chi connectivity index (χ1) is 19.3. The summed E-state index contributed by atoms with van der Waals surface area (Å²) in [6, 6.07) is 1.40. The molecule has 0 aliphatic rings. The molecule has 3 amide bonds. The van der Waals surface area contributed by atoms with E-state index in [1.165, 1.54) is 6.92 Å². The number of aromatic amines is 1. The van der Waals surface area contributed by atoms with E-state index in [1.807, 2.05) is 0 Å². The molecule has 1 heterocycles. The molecule has 2 rings (SSSR count). The van der Waals surface area contributed by atoms with Gasteiger partial charge in [0.05, 0.1) is 18.6 Å². The molecule has 2 aromatic rings. The maximum atomic E-state index is 13.4. The van der Waals surface area contributed by atoms with Gasteiger partial charge in [0, 0.05) is 30.1 Å². The number of carbonyl (C=O) groups excluding carboxylic acids is 3. The number of carbonyl (C=O) groups is 5. The third-order valence-electron chi connectivity index (χ3n) is 6.09. The van der Waals surface area contributed by atoms with Gasteiger partial charge in [-0.25, -0.2) is 4.79 Å². The Morgan fingerprint density at radius 2 is 1.63 bits per heavy atom. The lowest BCUT2D eigenvalue weighted by Crippen LogP contribution is -2.60. The molecule has 1 aromatic heterocycles. The van der Waals surface area contributed by atoms with Crippen LogP contribution >= 0.6 is 0 Å². The summed E-state index contributed by atoms with van der Waals surface area (Å²) >= 11 is 0. The van der Waals surface area contributed by atoms with Gasteiger partial charge < -0.3 is 53.5 Å². The number of H-pyrrole nitrogens is 1. The summed E-state index contributed by atoms with van der Waals surface area (Å²) in [5.41, 5.74) is 17.5. The fourth-order valence-electron chi connectivity index (χ4n) is 3.97. The first kappa shape index (κ1) is 32.5. The predicted octanol–water partition coefficient (Wildman–Crippen LogP) is -2.51. The Morgan fingerprint density at radius 1 is 0.976 bits per heavy atom. The lowest BCUT2D eigenvalue weighted by Gasteiger charge is -2.26. The largest absolute Gasteiger partial charge is 0.481 e. The lowest BCUT2D eigenvalue weighted by atomic mass is 10.0. The molecule has 16 nitrogen and oxygen atoms in total. The topological polar surface area (TPSA) is 288 Å². The second kappa shape index (κ2) is 15.2. The van der Waals surface area contributed by atoms with Crippen molar-refractivity contribution in [3.63, 3.8) is 0 Å². The van der Waals surface area contributed by atoms with Gasteiger partial charge >= 0.3 is 11.9 Å². The number of benzene rings is 1. The van der Waals surface area contributed by atoms with Crippen LogP contribution in [-0.2, 0) is 30.4 Å². The summed E-state index contributed by atoms with van der Waals surface area (Å²) in [4.78, 5) is 68.4. The number of aliphatic carboxylic acids is 2. The SMILES string of the molecule is CC(O)C(NC(=O)C(Cc1c[nH]c2ccccc12)NC(=O)C(N)CC(=O)O)C(=O)NC(CCCN=C(N)N)C(=O)O. The van der Waals surface area contributed by atoms with Gasteiger partial charge in [-0.15, -0.1) is 0 Å². The molecule has 224 valence electrons. The number of para-hydroxylation sites is 1. The third kappa shape index (κ3) is 10.1. The smallest absolute Gasteiger partial charge is 0.326 e. The number of rotatable bonds is 16. The van der Waals surface area contributed by atoms with Crippen molar-refractivity contribution in [2.45, 2.75) is 62.9 Å². The molecule has 0 saturated carbocycles. The number of aliphatic hydroxyl groups is 1. The number of guanidine groups is 1. The number of carboxylic acid groups (broad SMARTS) is 2. The molecular formula is C25H36N8O8. The number of aliphatic hydroxyl groups excluding tert-OH is 1. The normalized spacial score (nSPS) is 14.6. The Hall–Kier alpha value is -4.70. The number of nitrogens with one attached hydrogen (secondary N) is 4. The number of amides is 3. The van der Waals surface area contributed by atoms with Crippen molar-refractivity contribution in [2.24, 2.45) is 22.2 Å². The van der Waals surface area contributed by atoms with Crippen molar-refractivity contribution in [1.29, 1.82) is 0 Å². The quantitative estimate of drug-likeness (QED) is 0.0565. The molecule has 0 aliphatic heterocycles. The highest BCUT2D eigenvalue weighted by Gasteiger charge is 2.33. The second-order valence-corrected chi connectivity index (χ2v) is 9.40. The van der Waals surface area contributed by atoms with Crippen molar-refractivity contribution >= 4 is 46.5 Å². The van der Waals surface area contributed by atoms with Crippen LogP contribution in [-0.4, -0.2) is 92.7 Å². The van der Waals surface area contributed by atoms with E-state index in [-0.39, 0.29) is 31.8 Å². The van der Waals surface area contributed by atoms with Crippen LogP contribution < -0.4 is 33.2 Å². The molecule has 0 fully saturated rings. The van der Waals surface area contributed by atoms with E-state index in [0.717, 1.165) is 10.9 Å². The summed E-state index contributed by atoms with van der Waals surface area (Å²) in [5, 5.41) is 36.6. The molecule has 16 heteroatoms. The maximum absolute atomic E-state index is 13.4. The molecule has 0 saturated heterocycles. The van der Waals surface area contributed by atoms with E-state index >= 15 is 0 Å². The molecule has 5 unspecified atom stereocenters. The minimum absolute atomic E-state index is 0.0426. The molecule has 0 bridgehead atoms. The first-order valence-corrected chi connectivity index (χ1v) is 12.7. The van der Waals surface area contributed by atoms with E-state index in [2.05, 4.69) is 25.9 Å². The van der Waals surface area contributed by atoms with Crippen LogP contribution in [0.25, 0.3) is 10.9 Å². The molecular weight excluding hydrogens is 540 g/mol. The van der Waals surface area contributed by atoms with Gasteiger partial charge in [0.1, 0.15) is 18.1 Å². The Bertz CT molecular complexity index is 1270. The Labute approximate surface area is 234 Å².